The lowest BCUT2D eigenvalue weighted by Crippen LogP contribution is -2.38. The zero-order chi connectivity index (χ0) is 13.0. The summed E-state index contributed by atoms with van der Waals surface area (Å²) < 4.78 is 5.34. The molecule has 4 heteroatoms. The number of hydrogen-bond donors (Lipinski definition) is 2. The first-order valence-corrected chi connectivity index (χ1v) is 6.47. The van der Waals surface area contributed by atoms with Crippen molar-refractivity contribution in [1.29, 1.82) is 0 Å². The number of rotatable bonds is 4. The molecule has 0 aromatic heterocycles. The first kappa shape index (κ1) is 13.3. The fraction of sp³-hybridized carbons (Fsp3) is 0.571. The Balaban J connectivity index is 1.86. The first-order valence-electron chi connectivity index (χ1n) is 6.47. The largest absolute Gasteiger partial charge is 0.399 e. The predicted octanol–water partition coefficient (Wildman–Crippen LogP) is 1.41. The minimum Gasteiger partial charge on any atom is -0.399 e. The molecule has 0 radical (unpaired) electrons. The van der Waals surface area contributed by atoms with Crippen molar-refractivity contribution in [2.75, 3.05) is 32.5 Å². The van der Waals surface area contributed by atoms with Gasteiger partial charge in [-0.1, -0.05) is 12.1 Å². The number of ether oxygens (including phenoxy) is 1. The van der Waals surface area contributed by atoms with Crippen molar-refractivity contribution in [2.24, 2.45) is 0 Å². The van der Waals surface area contributed by atoms with Crippen molar-refractivity contribution in [3.8, 4) is 0 Å². The lowest BCUT2D eigenvalue weighted by molar-refractivity contribution is 0.0242. The highest BCUT2D eigenvalue weighted by Gasteiger charge is 2.21. The van der Waals surface area contributed by atoms with E-state index in [0.717, 1.165) is 31.5 Å². The Bertz CT molecular complexity index is 376. The Kier molecular flexibility index (Phi) is 4.58. The van der Waals surface area contributed by atoms with Crippen LogP contribution in [0.3, 0.4) is 0 Å². The lowest BCUT2D eigenvalue weighted by atomic mass is 10.0. The molecule has 0 saturated carbocycles. The van der Waals surface area contributed by atoms with E-state index in [9.17, 15) is 5.11 Å². The maximum Gasteiger partial charge on any atom is 0.0917 e. The van der Waals surface area contributed by atoms with Gasteiger partial charge in [-0.25, -0.2) is 0 Å². The van der Waals surface area contributed by atoms with Crippen molar-refractivity contribution < 1.29 is 9.84 Å². The number of nitrogens with two attached hydrogens (primary N) is 1. The third-order valence-corrected chi connectivity index (χ3v) is 3.59. The van der Waals surface area contributed by atoms with Crippen LogP contribution in [0.15, 0.2) is 24.3 Å². The zero-order valence-corrected chi connectivity index (χ0v) is 10.9. The smallest absolute Gasteiger partial charge is 0.0917 e. The van der Waals surface area contributed by atoms with E-state index in [2.05, 4.69) is 4.90 Å². The van der Waals surface area contributed by atoms with Crippen LogP contribution in [0.25, 0.3) is 0 Å². The highest BCUT2D eigenvalue weighted by molar-refractivity contribution is 5.41. The van der Waals surface area contributed by atoms with Crippen molar-refractivity contribution in [3.05, 3.63) is 29.8 Å². The summed E-state index contributed by atoms with van der Waals surface area (Å²) in [5.41, 5.74) is 7.32. The molecule has 0 bridgehead atoms. The van der Waals surface area contributed by atoms with Gasteiger partial charge in [0.25, 0.3) is 0 Å². The van der Waals surface area contributed by atoms with Gasteiger partial charge in [0.05, 0.1) is 12.2 Å². The molecule has 3 N–H and O–H groups in total. The molecule has 1 saturated heterocycles. The summed E-state index contributed by atoms with van der Waals surface area (Å²) in [5.74, 6) is 0. The molecule has 0 spiro atoms. The average molecular weight is 250 g/mol. The summed E-state index contributed by atoms with van der Waals surface area (Å²) in [6.07, 6.45) is 2.00. The Morgan fingerprint density at radius 2 is 2.17 bits per heavy atom. The summed E-state index contributed by atoms with van der Waals surface area (Å²) in [4.78, 5) is 2.28. The first-order chi connectivity index (χ1) is 8.69. The second-order valence-electron chi connectivity index (χ2n) is 4.92. The molecule has 18 heavy (non-hydrogen) atoms. The SMILES string of the molecule is COC1CCN(CC(O)c2cccc(N)c2)CC1. The maximum atomic E-state index is 10.2. The highest BCUT2D eigenvalue weighted by Crippen LogP contribution is 2.20. The number of anilines is 1. The van der Waals surface area contributed by atoms with Gasteiger partial charge < -0.3 is 20.5 Å². The van der Waals surface area contributed by atoms with Crippen LogP contribution >= 0.6 is 0 Å². The maximum absolute atomic E-state index is 10.2. The van der Waals surface area contributed by atoms with Crippen LogP contribution in [0, 0.1) is 0 Å². The standard InChI is InChI=1S/C14H22N2O2/c1-18-13-5-7-16(8-6-13)10-14(17)11-3-2-4-12(15)9-11/h2-4,9,13-14,17H,5-8,10,15H2,1H3. The van der Waals surface area contributed by atoms with E-state index in [4.69, 9.17) is 10.5 Å². The molecule has 0 aliphatic carbocycles. The Morgan fingerprint density at radius 3 is 2.78 bits per heavy atom. The molecule has 1 unspecified atom stereocenters. The quantitative estimate of drug-likeness (QED) is 0.793. The minimum absolute atomic E-state index is 0.380. The van der Waals surface area contributed by atoms with Gasteiger partial charge >= 0.3 is 0 Å². The van der Waals surface area contributed by atoms with Gasteiger partial charge in [0.1, 0.15) is 0 Å². The summed E-state index contributed by atoms with van der Waals surface area (Å²) in [6, 6.07) is 7.47. The fourth-order valence-electron chi connectivity index (χ4n) is 2.44. The molecule has 1 aliphatic rings. The molecule has 1 aromatic carbocycles. The number of benzene rings is 1. The number of nitrogen functional groups attached to an aromatic ring is 1. The van der Waals surface area contributed by atoms with Gasteiger partial charge in [-0.2, -0.15) is 0 Å². The molecule has 1 atom stereocenters. The number of hydrogen-bond acceptors (Lipinski definition) is 4. The van der Waals surface area contributed by atoms with Crippen molar-refractivity contribution in [3.63, 3.8) is 0 Å². The predicted molar refractivity (Wildman–Crippen MR) is 72.3 cm³/mol. The van der Waals surface area contributed by atoms with Crippen molar-refractivity contribution in [1.82, 2.24) is 4.90 Å². The van der Waals surface area contributed by atoms with Gasteiger partial charge in [0, 0.05) is 32.4 Å². The monoisotopic (exact) mass is 250 g/mol. The molecular formula is C14H22N2O2. The molecule has 1 aliphatic heterocycles. The molecule has 4 nitrogen and oxygen atoms in total. The topological polar surface area (TPSA) is 58.7 Å². The van der Waals surface area contributed by atoms with Crippen molar-refractivity contribution >= 4 is 5.69 Å². The summed E-state index contributed by atoms with van der Waals surface area (Å²) in [5, 5.41) is 10.2. The lowest BCUT2D eigenvalue weighted by Gasteiger charge is -2.32. The van der Waals surface area contributed by atoms with E-state index in [1.165, 1.54) is 0 Å². The molecule has 2 rings (SSSR count). The number of β-amino-alcohol motifs (C(OH)–C–C–N with tert-alkyl or cyclic N) is 1. The minimum atomic E-state index is -0.465. The normalized spacial score (nSPS) is 19.9. The zero-order valence-electron chi connectivity index (χ0n) is 10.9. The summed E-state index contributed by atoms with van der Waals surface area (Å²) in [6.45, 7) is 2.63. The molecular weight excluding hydrogens is 228 g/mol. The van der Waals surface area contributed by atoms with Crippen LogP contribution in [0.1, 0.15) is 24.5 Å². The highest BCUT2D eigenvalue weighted by atomic mass is 16.5. The van der Waals surface area contributed by atoms with Crippen LogP contribution in [-0.2, 0) is 4.74 Å². The van der Waals surface area contributed by atoms with E-state index in [1.54, 1.807) is 7.11 Å². The fourth-order valence-corrected chi connectivity index (χ4v) is 2.44. The number of methoxy groups -OCH3 is 1. The van der Waals surface area contributed by atoms with Gasteiger partial charge in [-0.05, 0) is 30.5 Å². The molecule has 0 amide bonds. The Morgan fingerprint density at radius 1 is 1.44 bits per heavy atom. The number of aliphatic hydroxyl groups is 1. The van der Waals surface area contributed by atoms with E-state index in [1.807, 2.05) is 24.3 Å². The molecule has 100 valence electrons. The van der Waals surface area contributed by atoms with Gasteiger partial charge in [-0.15, -0.1) is 0 Å². The van der Waals surface area contributed by atoms with Crippen LogP contribution in [0.2, 0.25) is 0 Å². The van der Waals surface area contributed by atoms with Crippen LogP contribution in [-0.4, -0.2) is 42.9 Å². The van der Waals surface area contributed by atoms with E-state index in [0.29, 0.717) is 18.3 Å². The second-order valence-corrected chi connectivity index (χ2v) is 4.92. The summed E-state index contributed by atoms with van der Waals surface area (Å²) >= 11 is 0. The Labute approximate surface area is 108 Å². The Hall–Kier alpha value is -1.10. The van der Waals surface area contributed by atoms with Gasteiger partial charge in [-0.3, -0.25) is 0 Å². The number of likely N-dealkylation sites (tertiary alicyclic amines) is 1. The van der Waals surface area contributed by atoms with Crippen molar-refractivity contribution in [2.45, 2.75) is 25.0 Å². The average Bonchev–Trinajstić information content (AvgIpc) is 2.39. The van der Waals surface area contributed by atoms with Crippen LogP contribution in [0.5, 0.6) is 0 Å². The number of nitrogens with zero attached hydrogens (tertiary/aromatic N) is 1. The van der Waals surface area contributed by atoms with E-state index >= 15 is 0 Å². The van der Waals surface area contributed by atoms with E-state index in [-0.39, 0.29) is 0 Å². The van der Waals surface area contributed by atoms with E-state index < -0.39 is 6.10 Å². The molecule has 1 fully saturated rings. The van der Waals surface area contributed by atoms with Gasteiger partial charge in [0.15, 0.2) is 0 Å². The third-order valence-electron chi connectivity index (χ3n) is 3.59. The summed E-state index contributed by atoms with van der Waals surface area (Å²) in [7, 11) is 1.77. The number of aliphatic hydroxyl groups excluding tert-OH is 1. The molecule has 1 heterocycles. The van der Waals surface area contributed by atoms with Gasteiger partial charge in [0.2, 0.25) is 0 Å². The molecule has 1 aromatic rings. The third kappa shape index (κ3) is 3.45. The van der Waals surface area contributed by atoms with Crippen LogP contribution < -0.4 is 5.73 Å². The number of piperidine rings is 1. The second kappa shape index (κ2) is 6.18. The van der Waals surface area contributed by atoms with Crippen LogP contribution in [0.4, 0.5) is 5.69 Å².